The van der Waals surface area contributed by atoms with Crippen LogP contribution in [0.4, 0.5) is 0 Å². The highest BCUT2D eigenvalue weighted by atomic mass is 15.3. The van der Waals surface area contributed by atoms with Gasteiger partial charge in [0.05, 0.1) is 12.2 Å². The second-order valence-electron chi connectivity index (χ2n) is 4.12. The molecule has 80 valence electrons. The fourth-order valence-corrected chi connectivity index (χ4v) is 1.54. The van der Waals surface area contributed by atoms with Gasteiger partial charge in [0.1, 0.15) is 0 Å². The van der Waals surface area contributed by atoms with E-state index in [0.717, 1.165) is 13.1 Å². The van der Waals surface area contributed by atoms with Crippen LogP contribution in [0.1, 0.15) is 32.4 Å². The van der Waals surface area contributed by atoms with E-state index in [0.29, 0.717) is 12.0 Å². The van der Waals surface area contributed by atoms with E-state index in [2.05, 4.69) is 49.0 Å². The molecular formula is C11H21N3. The van der Waals surface area contributed by atoms with Crippen molar-refractivity contribution in [2.24, 2.45) is 5.92 Å². The quantitative estimate of drug-likeness (QED) is 0.778. The zero-order valence-corrected chi connectivity index (χ0v) is 9.62. The number of rotatable bonds is 5. The van der Waals surface area contributed by atoms with Gasteiger partial charge in [-0.1, -0.05) is 20.8 Å². The predicted molar refractivity (Wildman–Crippen MR) is 59.4 cm³/mol. The van der Waals surface area contributed by atoms with E-state index in [-0.39, 0.29) is 0 Å². The molecule has 3 heteroatoms. The lowest BCUT2D eigenvalue weighted by Crippen LogP contribution is -2.29. The van der Waals surface area contributed by atoms with E-state index >= 15 is 0 Å². The van der Waals surface area contributed by atoms with Crippen molar-refractivity contribution < 1.29 is 0 Å². The summed E-state index contributed by atoms with van der Waals surface area (Å²) in [4.78, 5) is 0. The SMILES string of the molecule is CCNCC(C(C)C)n1cc(C)cn1. The maximum absolute atomic E-state index is 4.37. The van der Waals surface area contributed by atoms with Gasteiger partial charge < -0.3 is 5.32 Å². The minimum atomic E-state index is 0.462. The standard InChI is InChI=1S/C11H21N3/c1-5-12-7-11(9(2)3)14-8-10(4)6-13-14/h6,8-9,11-12H,5,7H2,1-4H3. The van der Waals surface area contributed by atoms with Gasteiger partial charge in [0.15, 0.2) is 0 Å². The second-order valence-corrected chi connectivity index (χ2v) is 4.12. The second kappa shape index (κ2) is 5.15. The van der Waals surface area contributed by atoms with Crippen LogP contribution in [0.25, 0.3) is 0 Å². The zero-order chi connectivity index (χ0) is 10.6. The normalized spacial score (nSPS) is 13.5. The highest BCUT2D eigenvalue weighted by Gasteiger charge is 2.15. The molecule has 0 aliphatic rings. The van der Waals surface area contributed by atoms with Crippen LogP contribution in [0.2, 0.25) is 0 Å². The molecule has 0 spiro atoms. The Hall–Kier alpha value is -0.830. The highest BCUT2D eigenvalue weighted by Crippen LogP contribution is 2.16. The van der Waals surface area contributed by atoms with Crippen molar-refractivity contribution in [3.63, 3.8) is 0 Å². The molecule has 0 aliphatic heterocycles. The number of nitrogens with one attached hydrogen (secondary N) is 1. The van der Waals surface area contributed by atoms with E-state index in [9.17, 15) is 0 Å². The maximum atomic E-state index is 4.37. The van der Waals surface area contributed by atoms with Crippen molar-refractivity contribution in [1.29, 1.82) is 0 Å². The smallest absolute Gasteiger partial charge is 0.0666 e. The number of hydrogen-bond acceptors (Lipinski definition) is 2. The maximum Gasteiger partial charge on any atom is 0.0666 e. The number of aromatic nitrogens is 2. The van der Waals surface area contributed by atoms with Gasteiger partial charge in [-0.25, -0.2) is 0 Å². The molecule has 0 radical (unpaired) electrons. The molecular weight excluding hydrogens is 174 g/mol. The summed E-state index contributed by atoms with van der Waals surface area (Å²) in [5.74, 6) is 0.605. The van der Waals surface area contributed by atoms with Crippen molar-refractivity contribution in [2.45, 2.75) is 33.7 Å². The number of hydrogen-bond donors (Lipinski definition) is 1. The third-order valence-electron chi connectivity index (χ3n) is 2.44. The molecule has 1 aromatic rings. The molecule has 1 unspecified atom stereocenters. The van der Waals surface area contributed by atoms with Crippen LogP contribution >= 0.6 is 0 Å². The van der Waals surface area contributed by atoms with Crippen molar-refractivity contribution in [3.8, 4) is 0 Å². The summed E-state index contributed by atoms with van der Waals surface area (Å²) in [5, 5.41) is 7.74. The lowest BCUT2D eigenvalue weighted by atomic mass is 10.0. The first-order valence-corrected chi connectivity index (χ1v) is 5.36. The topological polar surface area (TPSA) is 29.9 Å². The van der Waals surface area contributed by atoms with Crippen molar-refractivity contribution in [2.75, 3.05) is 13.1 Å². The zero-order valence-electron chi connectivity index (χ0n) is 9.62. The predicted octanol–water partition coefficient (Wildman–Crippen LogP) is 2.00. The van der Waals surface area contributed by atoms with Crippen LogP contribution in [0.3, 0.4) is 0 Å². The summed E-state index contributed by atoms with van der Waals surface area (Å²) < 4.78 is 2.07. The molecule has 0 aromatic carbocycles. The molecule has 0 saturated carbocycles. The Kier molecular flexibility index (Phi) is 4.14. The Morgan fingerprint density at radius 2 is 2.21 bits per heavy atom. The lowest BCUT2D eigenvalue weighted by molar-refractivity contribution is 0.332. The van der Waals surface area contributed by atoms with Crippen molar-refractivity contribution >= 4 is 0 Å². The van der Waals surface area contributed by atoms with Gasteiger partial charge in [-0.3, -0.25) is 4.68 Å². The number of nitrogens with zero attached hydrogens (tertiary/aromatic N) is 2. The minimum Gasteiger partial charge on any atom is -0.315 e. The Morgan fingerprint density at radius 1 is 1.50 bits per heavy atom. The molecule has 1 atom stereocenters. The summed E-state index contributed by atoms with van der Waals surface area (Å²) in [7, 11) is 0. The van der Waals surface area contributed by atoms with E-state index < -0.39 is 0 Å². The van der Waals surface area contributed by atoms with Crippen LogP contribution in [-0.2, 0) is 0 Å². The first kappa shape index (κ1) is 11.2. The average Bonchev–Trinajstić information content (AvgIpc) is 2.52. The molecule has 0 aliphatic carbocycles. The van der Waals surface area contributed by atoms with Crippen LogP contribution < -0.4 is 5.32 Å². The van der Waals surface area contributed by atoms with E-state index in [1.165, 1.54) is 5.56 Å². The van der Waals surface area contributed by atoms with Crippen LogP contribution in [0, 0.1) is 12.8 Å². The number of likely N-dealkylation sites (N-methyl/N-ethyl adjacent to an activating group) is 1. The summed E-state index contributed by atoms with van der Waals surface area (Å²) in [6, 6.07) is 0.462. The molecule has 0 fully saturated rings. The fourth-order valence-electron chi connectivity index (χ4n) is 1.54. The van der Waals surface area contributed by atoms with Gasteiger partial charge in [0.2, 0.25) is 0 Å². The van der Waals surface area contributed by atoms with E-state index in [1.807, 2.05) is 6.20 Å². The molecule has 0 amide bonds. The molecule has 1 aromatic heterocycles. The summed E-state index contributed by atoms with van der Waals surface area (Å²) >= 11 is 0. The third-order valence-corrected chi connectivity index (χ3v) is 2.44. The monoisotopic (exact) mass is 195 g/mol. The average molecular weight is 195 g/mol. The Balaban J connectivity index is 2.67. The van der Waals surface area contributed by atoms with Gasteiger partial charge in [-0.15, -0.1) is 0 Å². The lowest BCUT2D eigenvalue weighted by Gasteiger charge is -2.21. The molecule has 1 N–H and O–H groups in total. The van der Waals surface area contributed by atoms with Crippen LogP contribution in [0.5, 0.6) is 0 Å². The molecule has 0 bridgehead atoms. The van der Waals surface area contributed by atoms with Crippen molar-refractivity contribution in [1.82, 2.24) is 15.1 Å². The number of aryl methyl sites for hydroxylation is 1. The third kappa shape index (κ3) is 2.84. The van der Waals surface area contributed by atoms with Crippen molar-refractivity contribution in [3.05, 3.63) is 18.0 Å². The Labute approximate surface area is 86.5 Å². The molecule has 14 heavy (non-hydrogen) atoms. The fraction of sp³-hybridized carbons (Fsp3) is 0.727. The first-order valence-electron chi connectivity index (χ1n) is 5.36. The van der Waals surface area contributed by atoms with Crippen LogP contribution in [-0.4, -0.2) is 22.9 Å². The highest BCUT2D eigenvalue weighted by molar-refractivity contribution is 5.00. The Bertz CT molecular complexity index is 265. The minimum absolute atomic E-state index is 0.462. The molecule has 1 rings (SSSR count). The summed E-state index contributed by atoms with van der Waals surface area (Å²) in [6.07, 6.45) is 4.03. The van der Waals surface area contributed by atoms with Gasteiger partial charge in [-0.05, 0) is 24.9 Å². The molecule has 3 nitrogen and oxygen atoms in total. The van der Waals surface area contributed by atoms with E-state index in [1.54, 1.807) is 0 Å². The molecule has 0 saturated heterocycles. The van der Waals surface area contributed by atoms with Crippen LogP contribution in [0.15, 0.2) is 12.4 Å². The van der Waals surface area contributed by atoms with Gasteiger partial charge >= 0.3 is 0 Å². The largest absolute Gasteiger partial charge is 0.315 e. The Morgan fingerprint density at radius 3 is 2.64 bits per heavy atom. The van der Waals surface area contributed by atoms with Gasteiger partial charge in [0, 0.05) is 12.7 Å². The molecule has 1 heterocycles. The summed E-state index contributed by atoms with van der Waals surface area (Å²) in [5.41, 5.74) is 1.23. The van der Waals surface area contributed by atoms with Gasteiger partial charge in [0.25, 0.3) is 0 Å². The van der Waals surface area contributed by atoms with Gasteiger partial charge in [-0.2, -0.15) is 5.10 Å². The summed E-state index contributed by atoms with van der Waals surface area (Å²) in [6.45, 7) is 10.7. The first-order chi connectivity index (χ1) is 6.65. The van der Waals surface area contributed by atoms with E-state index in [4.69, 9.17) is 0 Å².